The summed E-state index contributed by atoms with van der Waals surface area (Å²) in [6.45, 7) is 1.95. The summed E-state index contributed by atoms with van der Waals surface area (Å²) in [7, 11) is 0. The van der Waals surface area contributed by atoms with Gasteiger partial charge < -0.3 is 15.0 Å². The number of nitrogens with zero attached hydrogens (tertiary/aromatic N) is 1. The lowest BCUT2D eigenvalue weighted by Gasteiger charge is -2.29. The van der Waals surface area contributed by atoms with Crippen molar-refractivity contribution in [3.05, 3.63) is 94.6 Å². The van der Waals surface area contributed by atoms with E-state index in [1.54, 1.807) is 37.3 Å². The van der Waals surface area contributed by atoms with E-state index < -0.39 is 47.1 Å². The Labute approximate surface area is 239 Å². The number of benzene rings is 3. The quantitative estimate of drug-likeness (QED) is 0.245. The first-order valence-electron chi connectivity index (χ1n) is 13.4. The Morgan fingerprint density at radius 1 is 1.00 bits per heavy atom. The highest BCUT2D eigenvalue weighted by atomic mass is 35.5. The molecule has 2 fully saturated rings. The normalized spacial score (nSPS) is 24.7. The fourth-order valence-electron chi connectivity index (χ4n) is 6.72. The maximum Gasteiger partial charge on any atom is 0.338 e. The van der Waals surface area contributed by atoms with Gasteiger partial charge in [-0.25, -0.2) is 9.69 Å². The third-order valence-electron chi connectivity index (χ3n) is 8.45. The van der Waals surface area contributed by atoms with Crippen LogP contribution in [0.3, 0.4) is 0 Å². The number of hydrogen-bond donors (Lipinski definition) is 3. The van der Waals surface area contributed by atoms with E-state index in [9.17, 15) is 19.2 Å². The van der Waals surface area contributed by atoms with Crippen molar-refractivity contribution in [3.63, 3.8) is 0 Å². The molecule has 7 rings (SSSR count). The second-order valence-corrected chi connectivity index (χ2v) is 10.9. The van der Waals surface area contributed by atoms with E-state index in [1.807, 2.05) is 30.5 Å². The molecule has 10 heteroatoms. The molecular weight excluding hydrogens is 544 g/mol. The number of anilines is 2. The lowest BCUT2D eigenvalue weighted by molar-refractivity contribution is -0.130. The van der Waals surface area contributed by atoms with Crippen LogP contribution in [0.1, 0.15) is 28.4 Å². The van der Waals surface area contributed by atoms with Crippen molar-refractivity contribution >= 4 is 57.6 Å². The van der Waals surface area contributed by atoms with Crippen LogP contribution >= 0.6 is 11.6 Å². The van der Waals surface area contributed by atoms with Crippen molar-refractivity contribution < 1.29 is 23.9 Å². The number of esters is 1. The summed E-state index contributed by atoms with van der Waals surface area (Å²) in [4.78, 5) is 58.8. The SMILES string of the molecule is CCOC(=O)c1ccc(N2C(=O)[C@@H]3[C@H](Cc4c[nH]c5ccccc45)N[C@]4(C(=O)Nc5c(Cl)cccc54)[C@@H]3C2=O)cc1. The molecule has 3 aromatic carbocycles. The topological polar surface area (TPSA) is 121 Å². The first-order valence-corrected chi connectivity index (χ1v) is 13.8. The van der Waals surface area contributed by atoms with Crippen LogP contribution in [0.4, 0.5) is 11.4 Å². The fraction of sp³-hybridized carbons (Fsp3) is 0.226. The molecule has 4 aromatic rings. The number of H-pyrrole nitrogens is 1. The predicted molar refractivity (Wildman–Crippen MR) is 153 cm³/mol. The van der Waals surface area contributed by atoms with Gasteiger partial charge in [0.05, 0.1) is 40.4 Å². The van der Waals surface area contributed by atoms with Crippen molar-refractivity contribution in [2.24, 2.45) is 11.8 Å². The number of imide groups is 1. The Morgan fingerprint density at radius 2 is 1.78 bits per heavy atom. The molecule has 4 atom stereocenters. The van der Waals surface area contributed by atoms with Gasteiger partial charge in [0.1, 0.15) is 5.54 Å². The van der Waals surface area contributed by atoms with Crippen LogP contribution in [0.15, 0.2) is 72.9 Å². The number of rotatable bonds is 5. The highest BCUT2D eigenvalue weighted by Crippen LogP contribution is 2.55. The number of carbonyl (C=O) groups is 4. The standard InChI is InChI=1S/C31H25ClN4O5/c1-2-41-29(39)16-10-12-18(13-11-16)36-27(37)24-23(14-17-15-33-22-9-4-3-6-19(17)22)35-31(25(24)28(36)38)20-7-5-8-21(32)26(20)34-30(31)40/h3-13,15,23-25,33,35H,2,14H2,1H3,(H,34,40)/t23-,24+,25-,31-/m0/s1. The zero-order valence-electron chi connectivity index (χ0n) is 21.9. The summed E-state index contributed by atoms with van der Waals surface area (Å²) in [6, 6.07) is 18.7. The maximum atomic E-state index is 14.2. The largest absolute Gasteiger partial charge is 0.462 e. The number of fused-ring (bicyclic) bond motifs is 5. The van der Waals surface area contributed by atoms with Gasteiger partial charge >= 0.3 is 5.97 Å². The maximum absolute atomic E-state index is 14.2. The van der Waals surface area contributed by atoms with Crippen LogP contribution in [0.2, 0.25) is 5.02 Å². The smallest absolute Gasteiger partial charge is 0.338 e. The van der Waals surface area contributed by atoms with Gasteiger partial charge in [-0.1, -0.05) is 41.9 Å². The highest BCUT2D eigenvalue weighted by Gasteiger charge is 2.70. The molecule has 0 saturated carbocycles. The molecule has 2 saturated heterocycles. The summed E-state index contributed by atoms with van der Waals surface area (Å²) in [5, 5.41) is 7.69. The van der Waals surface area contributed by atoms with E-state index in [0.717, 1.165) is 21.4 Å². The molecule has 4 heterocycles. The van der Waals surface area contributed by atoms with Crippen LogP contribution in [-0.4, -0.2) is 41.3 Å². The molecule has 9 nitrogen and oxygen atoms in total. The fourth-order valence-corrected chi connectivity index (χ4v) is 6.94. The van der Waals surface area contributed by atoms with Crippen molar-refractivity contribution in [1.29, 1.82) is 0 Å². The average Bonchev–Trinajstić information content (AvgIpc) is 3.68. The van der Waals surface area contributed by atoms with Gasteiger partial charge in [-0.2, -0.15) is 0 Å². The third-order valence-corrected chi connectivity index (χ3v) is 8.77. The zero-order valence-corrected chi connectivity index (χ0v) is 22.7. The van der Waals surface area contributed by atoms with E-state index in [2.05, 4.69) is 15.6 Å². The molecule has 3 aliphatic heterocycles. The average molecular weight is 569 g/mol. The number of para-hydroxylation sites is 2. The van der Waals surface area contributed by atoms with E-state index in [-0.39, 0.29) is 6.61 Å². The summed E-state index contributed by atoms with van der Waals surface area (Å²) >= 11 is 6.46. The number of aromatic amines is 1. The number of nitrogens with one attached hydrogen (secondary N) is 3. The number of aromatic nitrogens is 1. The summed E-state index contributed by atoms with van der Waals surface area (Å²) in [5.74, 6) is -3.63. The Kier molecular flexibility index (Phi) is 5.78. The van der Waals surface area contributed by atoms with E-state index >= 15 is 0 Å². The van der Waals surface area contributed by atoms with Crippen LogP contribution in [0, 0.1) is 11.8 Å². The monoisotopic (exact) mass is 568 g/mol. The van der Waals surface area contributed by atoms with Gasteiger partial charge in [0, 0.05) is 28.7 Å². The molecule has 0 bridgehead atoms. The van der Waals surface area contributed by atoms with Gasteiger partial charge in [0.25, 0.3) is 0 Å². The Bertz CT molecular complexity index is 1770. The molecule has 3 amide bonds. The lowest BCUT2D eigenvalue weighted by atomic mass is 9.76. The van der Waals surface area contributed by atoms with Gasteiger partial charge in [-0.05, 0) is 55.3 Å². The minimum atomic E-state index is -1.48. The molecular formula is C31H25ClN4O5. The summed E-state index contributed by atoms with van der Waals surface area (Å²) < 4.78 is 5.06. The molecule has 3 N–H and O–H groups in total. The molecule has 206 valence electrons. The van der Waals surface area contributed by atoms with E-state index in [0.29, 0.717) is 33.9 Å². The lowest BCUT2D eigenvalue weighted by Crippen LogP contribution is -2.53. The van der Waals surface area contributed by atoms with Gasteiger partial charge in [0.15, 0.2) is 0 Å². The number of ether oxygens (including phenoxy) is 1. The molecule has 0 aliphatic carbocycles. The highest BCUT2D eigenvalue weighted by molar-refractivity contribution is 6.35. The van der Waals surface area contributed by atoms with Crippen LogP contribution in [-0.2, 0) is 31.1 Å². The molecule has 0 unspecified atom stereocenters. The van der Waals surface area contributed by atoms with E-state index in [1.165, 1.54) is 12.1 Å². The summed E-state index contributed by atoms with van der Waals surface area (Å²) in [6.07, 6.45) is 2.31. The Morgan fingerprint density at radius 3 is 2.56 bits per heavy atom. The van der Waals surface area contributed by atoms with Gasteiger partial charge in [0.2, 0.25) is 17.7 Å². The number of halogens is 1. The van der Waals surface area contributed by atoms with Crippen molar-refractivity contribution in [2.75, 3.05) is 16.8 Å². The first kappa shape index (κ1) is 25.5. The minimum absolute atomic E-state index is 0.230. The number of hydrogen-bond acceptors (Lipinski definition) is 6. The summed E-state index contributed by atoms with van der Waals surface area (Å²) in [5.41, 5.74) is 2.07. The number of amides is 3. The van der Waals surface area contributed by atoms with E-state index in [4.69, 9.17) is 16.3 Å². The van der Waals surface area contributed by atoms with Crippen molar-refractivity contribution in [2.45, 2.75) is 24.9 Å². The van der Waals surface area contributed by atoms with Crippen LogP contribution < -0.4 is 15.5 Å². The van der Waals surface area contributed by atoms with Crippen LogP contribution in [0.25, 0.3) is 10.9 Å². The van der Waals surface area contributed by atoms with Crippen molar-refractivity contribution in [1.82, 2.24) is 10.3 Å². The molecule has 1 spiro atoms. The molecule has 3 aliphatic rings. The Balaban J connectivity index is 1.33. The molecule has 1 aromatic heterocycles. The minimum Gasteiger partial charge on any atom is -0.462 e. The Hall–Kier alpha value is -4.47. The second kappa shape index (κ2) is 9.29. The molecule has 0 radical (unpaired) electrons. The van der Waals surface area contributed by atoms with Crippen LogP contribution in [0.5, 0.6) is 0 Å². The van der Waals surface area contributed by atoms with Gasteiger partial charge in [-0.3, -0.25) is 19.7 Å². The first-order chi connectivity index (χ1) is 19.8. The molecule has 41 heavy (non-hydrogen) atoms. The van der Waals surface area contributed by atoms with Gasteiger partial charge in [-0.15, -0.1) is 0 Å². The second-order valence-electron chi connectivity index (χ2n) is 10.5. The third kappa shape index (κ3) is 3.59. The zero-order chi connectivity index (χ0) is 28.5. The van der Waals surface area contributed by atoms with Crippen molar-refractivity contribution in [3.8, 4) is 0 Å². The predicted octanol–water partition coefficient (Wildman–Crippen LogP) is 4.17. The number of carbonyl (C=O) groups excluding carboxylic acids is 4.